The number of hydrogen-bond acceptors (Lipinski definition) is 3. The third kappa shape index (κ3) is 2.45. The molecule has 0 aromatic carbocycles. The van der Waals surface area contributed by atoms with E-state index in [0.29, 0.717) is 0 Å². The van der Waals surface area contributed by atoms with Crippen molar-refractivity contribution in [2.75, 3.05) is 19.3 Å². The lowest BCUT2D eigenvalue weighted by Gasteiger charge is -2.27. The predicted molar refractivity (Wildman–Crippen MR) is 44.8 cm³/mol. The Bertz CT molecular complexity index is 215. The van der Waals surface area contributed by atoms with Crippen LogP contribution in [0.5, 0.6) is 0 Å². The smallest absolute Gasteiger partial charge is 0.150 e. The molecule has 0 unspecified atom stereocenters. The molecule has 0 bridgehead atoms. The van der Waals surface area contributed by atoms with Gasteiger partial charge in [0.25, 0.3) is 0 Å². The Morgan fingerprint density at radius 3 is 2.18 bits per heavy atom. The van der Waals surface area contributed by atoms with Gasteiger partial charge in [-0.15, -0.1) is 0 Å². The molecule has 1 fully saturated rings. The molecule has 0 spiro atoms. The highest BCUT2D eigenvalue weighted by molar-refractivity contribution is 7.91. The number of rotatable bonds is 1. The van der Waals surface area contributed by atoms with Gasteiger partial charge in [-0.25, -0.2) is 8.42 Å². The Kier molecular flexibility index (Phi) is 2.54. The van der Waals surface area contributed by atoms with Crippen molar-refractivity contribution in [3.05, 3.63) is 7.05 Å². The monoisotopic (exact) mass is 176 g/mol. The average molecular weight is 176 g/mol. The molecule has 11 heavy (non-hydrogen) atoms. The highest BCUT2D eigenvalue weighted by atomic mass is 32.2. The van der Waals surface area contributed by atoms with E-state index in [9.17, 15) is 8.42 Å². The highest BCUT2D eigenvalue weighted by Gasteiger charge is 2.24. The van der Waals surface area contributed by atoms with Gasteiger partial charge in [0.1, 0.15) is 9.84 Å². The Morgan fingerprint density at radius 2 is 1.82 bits per heavy atom. The number of likely N-dealkylation sites (tertiary alicyclic amines) is 1. The molecule has 65 valence electrons. The summed E-state index contributed by atoms with van der Waals surface area (Å²) >= 11 is 0. The van der Waals surface area contributed by atoms with Gasteiger partial charge in [0.05, 0.1) is 5.25 Å². The summed E-state index contributed by atoms with van der Waals surface area (Å²) in [5.41, 5.74) is 0. The van der Waals surface area contributed by atoms with Crippen molar-refractivity contribution >= 4 is 9.84 Å². The van der Waals surface area contributed by atoms with Crippen molar-refractivity contribution in [3.8, 4) is 0 Å². The predicted octanol–water partition coefficient (Wildman–Crippen LogP) is 0.287. The molecule has 1 saturated heterocycles. The summed E-state index contributed by atoms with van der Waals surface area (Å²) in [6.45, 7) is 1.61. The van der Waals surface area contributed by atoms with E-state index in [1.165, 1.54) is 6.26 Å². The minimum Gasteiger partial charge on any atom is -0.302 e. The van der Waals surface area contributed by atoms with Gasteiger partial charge in [0.15, 0.2) is 0 Å². The Hall–Kier alpha value is -0.0900. The zero-order valence-electron chi connectivity index (χ0n) is 6.78. The minimum absolute atomic E-state index is 0.125. The highest BCUT2D eigenvalue weighted by Crippen LogP contribution is 2.15. The molecule has 1 aliphatic rings. The van der Waals surface area contributed by atoms with Gasteiger partial charge >= 0.3 is 0 Å². The zero-order chi connectivity index (χ0) is 8.48. The summed E-state index contributed by atoms with van der Waals surface area (Å²) in [6.07, 6.45) is 2.79. The molecule has 4 heteroatoms. The van der Waals surface area contributed by atoms with E-state index < -0.39 is 9.84 Å². The molecule has 0 N–H and O–H groups in total. The maximum atomic E-state index is 11.1. The van der Waals surface area contributed by atoms with Crippen LogP contribution in [0.25, 0.3) is 0 Å². The van der Waals surface area contributed by atoms with E-state index in [2.05, 4.69) is 7.05 Å². The standard InChI is InChI=1S/C7H14NO2S/c1-8-5-3-7(4-6-8)11(2,9)10/h7H,1,3-6H2,2H3. The van der Waals surface area contributed by atoms with Gasteiger partial charge in [0, 0.05) is 13.3 Å². The lowest BCUT2D eigenvalue weighted by atomic mass is 10.1. The van der Waals surface area contributed by atoms with Crippen LogP contribution < -0.4 is 0 Å². The molecule has 1 heterocycles. The third-order valence-corrected chi connectivity index (χ3v) is 3.82. The molecule has 0 amide bonds. The Balaban J connectivity index is 2.53. The number of piperidine rings is 1. The largest absolute Gasteiger partial charge is 0.302 e. The van der Waals surface area contributed by atoms with Gasteiger partial charge in [0.2, 0.25) is 0 Å². The lowest BCUT2D eigenvalue weighted by molar-refractivity contribution is 0.305. The Labute approximate surface area is 68.3 Å². The van der Waals surface area contributed by atoms with Gasteiger partial charge in [-0.3, -0.25) is 0 Å². The van der Waals surface area contributed by atoms with Crippen LogP contribution >= 0.6 is 0 Å². The van der Waals surface area contributed by atoms with Crippen LogP contribution in [0.3, 0.4) is 0 Å². The summed E-state index contributed by atoms with van der Waals surface area (Å²) in [6, 6.07) is 0. The first-order valence-corrected chi connectivity index (χ1v) is 5.70. The summed E-state index contributed by atoms with van der Waals surface area (Å²) in [5, 5.41) is -0.125. The molecule has 1 radical (unpaired) electrons. The van der Waals surface area contributed by atoms with Crippen LogP contribution in [-0.4, -0.2) is 37.9 Å². The van der Waals surface area contributed by atoms with Crippen molar-refractivity contribution in [1.29, 1.82) is 0 Å². The van der Waals surface area contributed by atoms with E-state index in [1.807, 2.05) is 4.90 Å². The van der Waals surface area contributed by atoms with Crippen molar-refractivity contribution in [3.63, 3.8) is 0 Å². The second kappa shape index (κ2) is 3.11. The van der Waals surface area contributed by atoms with Crippen molar-refractivity contribution in [1.82, 2.24) is 4.90 Å². The molecule has 0 aromatic heterocycles. The quantitative estimate of drug-likeness (QED) is 0.576. The van der Waals surface area contributed by atoms with Crippen LogP contribution in [0.4, 0.5) is 0 Å². The fourth-order valence-corrected chi connectivity index (χ4v) is 2.40. The molecule has 3 nitrogen and oxygen atoms in total. The van der Waals surface area contributed by atoms with Crippen LogP contribution in [0, 0.1) is 7.05 Å². The lowest BCUT2D eigenvalue weighted by Crippen LogP contribution is -2.35. The molecule has 0 aromatic rings. The molecule has 0 saturated carbocycles. The maximum Gasteiger partial charge on any atom is 0.150 e. The third-order valence-electron chi connectivity index (χ3n) is 2.14. The van der Waals surface area contributed by atoms with E-state index in [4.69, 9.17) is 0 Å². The summed E-state index contributed by atoms with van der Waals surface area (Å²) in [4.78, 5) is 1.92. The zero-order valence-corrected chi connectivity index (χ0v) is 7.60. The van der Waals surface area contributed by atoms with E-state index >= 15 is 0 Å². The number of sulfone groups is 1. The first-order chi connectivity index (χ1) is 5.00. The first-order valence-electron chi connectivity index (χ1n) is 3.74. The van der Waals surface area contributed by atoms with Crippen molar-refractivity contribution in [2.45, 2.75) is 18.1 Å². The SMILES string of the molecule is [CH2]N1CCC(S(C)(=O)=O)CC1. The molecular formula is C7H14NO2S. The van der Waals surface area contributed by atoms with Gasteiger partial charge in [-0.1, -0.05) is 0 Å². The van der Waals surface area contributed by atoms with Gasteiger partial charge in [-0.2, -0.15) is 0 Å². The fraction of sp³-hybridized carbons (Fsp3) is 0.857. The van der Waals surface area contributed by atoms with Crippen LogP contribution in [-0.2, 0) is 9.84 Å². The average Bonchev–Trinajstić information content (AvgIpc) is 1.86. The van der Waals surface area contributed by atoms with Gasteiger partial charge < -0.3 is 4.90 Å². The topological polar surface area (TPSA) is 37.4 Å². The van der Waals surface area contributed by atoms with E-state index in [1.54, 1.807) is 0 Å². The van der Waals surface area contributed by atoms with Gasteiger partial charge in [-0.05, 0) is 25.9 Å². The first kappa shape index (κ1) is 9.00. The fourth-order valence-electron chi connectivity index (χ4n) is 1.34. The van der Waals surface area contributed by atoms with E-state index in [0.717, 1.165) is 25.9 Å². The van der Waals surface area contributed by atoms with Crippen LogP contribution in [0.2, 0.25) is 0 Å². The summed E-state index contributed by atoms with van der Waals surface area (Å²) in [5.74, 6) is 0. The normalized spacial score (nSPS) is 23.8. The second-order valence-electron chi connectivity index (χ2n) is 3.15. The van der Waals surface area contributed by atoms with Crippen LogP contribution in [0.15, 0.2) is 0 Å². The number of hydrogen-bond donors (Lipinski definition) is 0. The molecule has 0 aliphatic carbocycles. The van der Waals surface area contributed by atoms with E-state index in [-0.39, 0.29) is 5.25 Å². The summed E-state index contributed by atoms with van der Waals surface area (Å²) in [7, 11) is 0.949. The molecule has 1 aliphatic heterocycles. The summed E-state index contributed by atoms with van der Waals surface area (Å²) < 4.78 is 22.1. The minimum atomic E-state index is -2.80. The molecular weight excluding hydrogens is 162 g/mol. The second-order valence-corrected chi connectivity index (χ2v) is 5.47. The van der Waals surface area contributed by atoms with Crippen LogP contribution in [0.1, 0.15) is 12.8 Å². The molecule has 0 atom stereocenters. The Morgan fingerprint density at radius 1 is 1.36 bits per heavy atom. The van der Waals surface area contributed by atoms with Crippen molar-refractivity contribution < 1.29 is 8.42 Å². The number of nitrogens with zero attached hydrogens (tertiary/aromatic N) is 1. The van der Waals surface area contributed by atoms with Crippen molar-refractivity contribution in [2.24, 2.45) is 0 Å². The maximum absolute atomic E-state index is 11.1. The molecule has 1 rings (SSSR count).